The Morgan fingerprint density at radius 3 is 1.68 bits per heavy atom. The van der Waals surface area contributed by atoms with E-state index in [1.54, 1.807) is 0 Å². The fourth-order valence-corrected chi connectivity index (χ4v) is 5.16. The van der Waals surface area contributed by atoms with Gasteiger partial charge in [0.25, 0.3) is 0 Å². The molecule has 0 aliphatic carbocycles. The third-order valence-corrected chi connectivity index (χ3v) is 7.28. The quantitative estimate of drug-likeness (QED) is 0.259. The van der Waals surface area contributed by atoms with E-state index in [-0.39, 0.29) is 11.8 Å². The summed E-state index contributed by atoms with van der Waals surface area (Å²) in [6.07, 6.45) is 3.98. The second-order valence-corrected chi connectivity index (χ2v) is 10.8. The van der Waals surface area contributed by atoms with Crippen LogP contribution in [-0.2, 0) is 35.3 Å². The minimum Gasteiger partial charge on any atom is -0.378 e. The first-order valence-corrected chi connectivity index (χ1v) is 13.6. The highest BCUT2D eigenvalue weighted by Gasteiger charge is 2.11. The summed E-state index contributed by atoms with van der Waals surface area (Å²) in [4.78, 5) is 26.6. The second kappa shape index (κ2) is 13.0. The number of rotatable bonds is 12. The molecule has 0 aliphatic rings. The Kier molecular flexibility index (Phi) is 9.28. The first-order valence-electron chi connectivity index (χ1n) is 12.0. The summed E-state index contributed by atoms with van der Waals surface area (Å²) in [6, 6.07) is 17.5. The summed E-state index contributed by atoms with van der Waals surface area (Å²) in [7, 11) is 3.97. The molecule has 0 aliphatic heterocycles. The van der Waals surface area contributed by atoms with Crippen molar-refractivity contribution in [2.75, 3.05) is 29.6 Å². The van der Waals surface area contributed by atoms with E-state index in [4.69, 9.17) is 0 Å². The molecule has 11 heteroatoms. The average molecular weight is 536 g/mol. The summed E-state index contributed by atoms with van der Waals surface area (Å²) >= 11 is 2.80. The lowest BCUT2D eigenvalue weighted by molar-refractivity contribution is -0.116. The van der Waals surface area contributed by atoms with Crippen LogP contribution in [0.3, 0.4) is 0 Å². The Morgan fingerprint density at radius 2 is 1.19 bits per heavy atom. The first-order chi connectivity index (χ1) is 17.9. The topological polar surface area (TPSA) is 113 Å². The zero-order chi connectivity index (χ0) is 26.0. The summed E-state index contributed by atoms with van der Waals surface area (Å²) in [5.41, 5.74) is 3.00. The summed E-state index contributed by atoms with van der Waals surface area (Å²) in [6.45, 7) is 0. The van der Waals surface area contributed by atoms with E-state index >= 15 is 0 Å². The highest BCUT2D eigenvalue weighted by atomic mass is 32.1. The first kappa shape index (κ1) is 26.4. The van der Waals surface area contributed by atoms with Gasteiger partial charge in [-0.1, -0.05) is 65.1 Å². The molecule has 0 saturated carbocycles. The van der Waals surface area contributed by atoms with Crippen molar-refractivity contribution in [3.8, 4) is 0 Å². The van der Waals surface area contributed by atoms with Crippen molar-refractivity contribution < 1.29 is 9.59 Å². The normalized spacial score (nSPS) is 10.8. The molecule has 0 bridgehead atoms. The van der Waals surface area contributed by atoms with Gasteiger partial charge in [0.05, 0.1) is 12.8 Å². The molecule has 9 nitrogen and oxygen atoms in total. The van der Waals surface area contributed by atoms with Crippen LogP contribution >= 0.6 is 22.7 Å². The fourth-order valence-electron chi connectivity index (χ4n) is 3.57. The van der Waals surface area contributed by atoms with Gasteiger partial charge in [-0.2, -0.15) is 0 Å². The molecule has 0 fully saturated rings. The number of hydrogen-bond acceptors (Lipinski definition) is 9. The summed E-state index contributed by atoms with van der Waals surface area (Å²) < 4.78 is 0. The molecule has 2 aromatic carbocycles. The van der Waals surface area contributed by atoms with E-state index in [1.807, 2.05) is 73.6 Å². The Morgan fingerprint density at radius 1 is 0.703 bits per heavy atom. The molecule has 2 N–H and O–H groups in total. The predicted octanol–water partition coefficient (Wildman–Crippen LogP) is 4.38. The van der Waals surface area contributed by atoms with Crippen molar-refractivity contribution in [3.05, 3.63) is 75.7 Å². The lowest BCUT2D eigenvalue weighted by Gasteiger charge is -2.12. The van der Waals surface area contributed by atoms with Crippen LogP contribution in [0.25, 0.3) is 0 Å². The van der Waals surface area contributed by atoms with Gasteiger partial charge in [0.1, 0.15) is 10.0 Å². The van der Waals surface area contributed by atoms with Crippen LogP contribution in [-0.4, -0.2) is 46.3 Å². The molecule has 2 heterocycles. The van der Waals surface area contributed by atoms with Crippen LogP contribution in [0.1, 0.15) is 34.0 Å². The maximum absolute atomic E-state index is 12.4. The number of benzene rings is 2. The van der Waals surface area contributed by atoms with Gasteiger partial charge in [0.15, 0.2) is 0 Å². The molecule has 0 saturated heterocycles. The van der Waals surface area contributed by atoms with Gasteiger partial charge < -0.3 is 15.5 Å². The van der Waals surface area contributed by atoms with Gasteiger partial charge in [-0.15, -0.1) is 20.4 Å². The van der Waals surface area contributed by atoms with Gasteiger partial charge in [-0.3, -0.25) is 9.59 Å². The molecular weight excluding hydrogens is 506 g/mol. The second-order valence-electron chi connectivity index (χ2n) is 8.71. The summed E-state index contributed by atoms with van der Waals surface area (Å²) in [5, 5.41) is 25.0. The van der Waals surface area contributed by atoms with Crippen molar-refractivity contribution in [2.24, 2.45) is 0 Å². The van der Waals surface area contributed by atoms with Crippen LogP contribution in [0.5, 0.6) is 0 Å². The Hall–Kier alpha value is -3.70. The molecule has 0 spiro atoms. The van der Waals surface area contributed by atoms with E-state index in [1.165, 1.54) is 22.7 Å². The number of amides is 2. The lowest BCUT2D eigenvalue weighted by Crippen LogP contribution is -2.14. The smallest absolute Gasteiger partial charge is 0.230 e. The molecule has 4 aromatic rings. The molecule has 2 amide bonds. The molecule has 37 heavy (non-hydrogen) atoms. The van der Waals surface area contributed by atoms with E-state index in [2.05, 4.69) is 31.0 Å². The van der Waals surface area contributed by atoms with Crippen molar-refractivity contribution in [3.63, 3.8) is 0 Å². The van der Waals surface area contributed by atoms with Gasteiger partial charge in [0.2, 0.25) is 22.1 Å². The minimum absolute atomic E-state index is 0.102. The molecule has 192 valence electrons. The summed E-state index contributed by atoms with van der Waals surface area (Å²) in [5.74, 6) is -0.210. The number of aromatic nitrogens is 4. The molecule has 2 aromatic heterocycles. The molecule has 4 rings (SSSR count). The van der Waals surface area contributed by atoms with Crippen molar-refractivity contribution in [1.29, 1.82) is 0 Å². The maximum atomic E-state index is 12.4. The minimum atomic E-state index is -0.108. The number of anilines is 3. The van der Waals surface area contributed by atoms with Crippen LogP contribution in [0.15, 0.2) is 54.6 Å². The van der Waals surface area contributed by atoms with Crippen LogP contribution in [0, 0.1) is 0 Å². The molecule has 0 atom stereocenters. The Labute approximate surface area is 224 Å². The maximum Gasteiger partial charge on any atom is 0.230 e. The number of nitrogens with zero attached hydrogens (tertiary/aromatic N) is 5. The highest BCUT2D eigenvalue weighted by Crippen LogP contribution is 2.21. The molecular formula is C26H29N7O2S2. The molecule has 0 unspecified atom stereocenters. The zero-order valence-electron chi connectivity index (χ0n) is 20.8. The molecule has 0 radical (unpaired) electrons. The SMILES string of the molecule is CN(C)c1ccc(CC(=O)Nc2nnc(CCCCc3nnc(NC(=O)Cc4ccccc4)s3)s2)cc1. The third-order valence-electron chi connectivity index (χ3n) is 5.48. The van der Waals surface area contributed by atoms with Crippen LogP contribution in [0.4, 0.5) is 16.0 Å². The predicted molar refractivity (Wildman–Crippen MR) is 148 cm³/mol. The number of carbonyl (C=O) groups is 2. The van der Waals surface area contributed by atoms with Crippen LogP contribution < -0.4 is 15.5 Å². The highest BCUT2D eigenvalue weighted by molar-refractivity contribution is 7.15. The zero-order valence-corrected chi connectivity index (χ0v) is 22.4. The average Bonchev–Trinajstić information content (AvgIpc) is 3.51. The van der Waals surface area contributed by atoms with Gasteiger partial charge in [-0.05, 0) is 36.1 Å². The van der Waals surface area contributed by atoms with Crippen molar-refractivity contribution >= 4 is 50.4 Å². The Bertz CT molecular complexity index is 1300. The number of unbranched alkanes of at least 4 members (excludes halogenated alkanes) is 1. The van der Waals surface area contributed by atoms with Crippen molar-refractivity contribution in [2.45, 2.75) is 38.5 Å². The van der Waals surface area contributed by atoms with E-state index in [0.717, 1.165) is 52.5 Å². The number of nitrogens with one attached hydrogen (secondary N) is 2. The third kappa shape index (κ3) is 8.43. The Balaban J connectivity index is 1.15. The lowest BCUT2D eigenvalue weighted by atomic mass is 10.1. The van der Waals surface area contributed by atoms with E-state index in [0.29, 0.717) is 23.1 Å². The number of carbonyl (C=O) groups excluding carboxylic acids is 2. The largest absolute Gasteiger partial charge is 0.378 e. The standard InChI is InChI=1S/C26H29N7O2S2/c1-33(2)20-14-12-19(13-15-20)17-22(35)28-26-32-30-24(37-26)11-7-6-10-23-29-31-25(36-23)27-21(34)16-18-8-4-3-5-9-18/h3-5,8-9,12-15H,6-7,10-11,16-17H2,1-2H3,(H,27,31,34)(H,28,32,35). The number of hydrogen-bond donors (Lipinski definition) is 2. The number of aryl methyl sites for hydroxylation is 2. The monoisotopic (exact) mass is 535 g/mol. The van der Waals surface area contributed by atoms with Crippen LogP contribution in [0.2, 0.25) is 0 Å². The fraction of sp³-hybridized carbons (Fsp3) is 0.308. The van der Waals surface area contributed by atoms with Crippen molar-refractivity contribution in [1.82, 2.24) is 20.4 Å². The van der Waals surface area contributed by atoms with E-state index < -0.39 is 0 Å². The van der Waals surface area contributed by atoms with Gasteiger partial charge in [-0.25, -0.2) is 0 Å². The van der Waals surface area contributed by atoms with Gasteiger partial charge >= 0.3 is 0 Å². The van der Waals surface area contributed by atoms with E-state index in [9.17, 15) is 9.59 Å². The van der Waals surface area contributed by atoms with Gasteiger partial charge in [0, 0.05) is 32.6 Å².